The molecule has 2 aromatic rings. The van der Waals surface area contributed by atoms with Crippen molar-refractivity contribution in [3.63, 3.8) is 0 Å². The zero-order valence-electron chi connectivity index (χ0n) is 13.6. The van der Waals surface area contributed by atoms with E-state index in [1.54, 1.807) is 24.3 Å². The Hall–Kier alpha value is -2.59. The van der Waals surface area contributed by atoms with Crippen LogP contribution >= 0.6 is 11.6 Å². The molecule has 0 radical (unpaired) electrons. The molecule has 128 valence electrons. The van der Waals surface area contributed by atoms with Gasteiger partial charge in [-0.3, -0.25) is 4.79 Å². The molecule has 0 fully saturated rings. The Kier molecular flexibility index (Phi) is 5.51. The van der Waals surface area contributed by atoms with E-state index in [-0.39, 0.29) is 12.5 Å². The smallest absolute Gasteiger partial charge is 0.331 e. The average Bonchev–Trinajstić information content (AvgIpc) is 3.07. The summed E-state index contributed by atoms with van der Waals surface area (Å²) in [5.41, 5.74) is 4.06. The molecule has 0 aliphatic heterocycles. The van der Waals surface area contributed by atoms with Gasteiger partial charge in [0.15, 0.2) is 6.61 Å². The zero-order chi connectivity index (χ0) is 17.6. The number of amides is 1. The Morgan fingerprint density at radius 1 is 1.12 bits per heavy atom. The minimum atomic E-state index is -0.593. The standard InChI is InChI=1S/C20H18ClNO3/c21-18-7-2-1-4-15(18)9-11-20(24)25-13-19(23)22-17-10-8-14-5-3-6-16(14)12-17/h1-2,4,7-12H,3,5-6,13H2,(H,22,23)/b11-9+. The molecule has 5 heteroatoms. The van der Waals surface area contributed by atoms with E-state index >= 15 is 0 Å². The number of aryl methyl sites for hydroxylation is 2. The molecule has 0 spiro atoms. The van der Waals surface area contributed by atoms with Gasteiger partial charge in [0.1, 0.15) is 0 Å². The molecular weight excluding hydrogens is 338 g/mol. The summed E-state index contributed by atoms with van der Waals surface area (Å²) in [7, 11) is 0. The van der Waals surface area contributed by atoms with Crippen molar-refractivity contribution in [2.75, 3.05) is 11.9 Å². The van der Waals surface area contributed by atoms with Crippen molar-refractivity contribution in [3.05, 3.63) is 70.3 Å². The van der Waals surface area contributed by atoms with Crippen molar-refractivity contribution >= 4 is 35.2 Å². The molecule has 1 aliphatic carbocycles. The first-order chi connectivity index (χ1) is 12.1. The molecule has 1 aliphatic rings. The van der Waals surface area contributed by atoms with E-state index in [9.17, 15) is 9.59 Å². The predicted octanol–water partition coefficient (Wildman–Crippen LogP) is 4.02. The summed E-state index contributed by atoms with van der Waals surface area (Å²) in [6, 6.07) is 13.0. The zero-order valence-corrected chi connectivity index (χ0v) is 14.4. The summed E-state index contributed by atoms with van der Waals surface area (Å²) in [5, 5.41) is 3.29. The summed E-state index contributed by atoms with van der Waals surface area (Å²) in [6.07, 6.45) is 6.11. The van der Waals surface area contributed by atoms with E-state index in [0.717, 1.165) is 24.9 Å². The summed E-state index contributed by atoms with van der Waals surface area (Å²) in [5.74, 6) is -0.957. The fourth-order valence-electron chi connectivity index (χ4n) is 2.80. The lowest BCUT2D eigenvalue weighted by molar-refractivity contribution is -0.142. The molecule has 0 heterocycles. The van der Waals surface area contributed by atoms with Gasteiger partial charge in [0.05, 0.1) is 0 Å². The van der Waals surface area contributed by atoms with Gasteiger partial charge >= 0.3 is 5.97 Å². The molecule has 0 aromatic heterocycles. The maximum Gasteiger partial charge on any atom is 0.331 e. The monoisotopic (exact) mass is 355 g/mol. The van der Waals surface area contributed by atoms with E-state index in [0.29, 0.717) is 10.6 Å². The lowest BCUT2D eigenvalue weighted by Crippen LogP contribution is -2.20. The number of carbonyl (C=O) groups excluding carboxylic acids is 2. The molecule has 1 amide bonds. The van der Waals surface area contributed by atoms with Gasteiger partial charge in [-0.05, 0) is 60.2 Å². The third-order valence-electron chi connectivity index (χ3n) is 4.03. The van der Waals surface area contributed by atoms with Crippen molar-refractivity contribution in [2.24, 2.45) is 0 Å². The van der Waals surface area contributed by atoms with E-state index in [1.807, 2.05) is 24.3 Å². The molecule has 0 saturated carbocycles. The number of ether oxygens (including phenoxy) is 1. The quantitative estimate of drug-likeness (QED) is 0.651. The Morgan fingerprint density at radius 3 is 2.76 bits per heavy atom. The molecule has 0 unspecified atom stereocenters. The first-order valence-electron chi connectivity index (χ1n) is 8.13. The number of hydrogen-bond acceptors (Lipinski definition) is 3. The summed E-state index contributed by atoms with van der Waals surface area (Å²) in [4.78, 5) is 23.6. The highest BCUT2D eigenvalue weighted by Gasteiger charge is 2.12. The highest BCUT2D eigenvalue weighted by Crippen LogP contribution is 2.24. The molecule has 3 rings (SSSR count). The molecular formula is C20H18ClNO3. The van der Waals surface area contributed by atoms with E-state index in [1.165, 1.54) is 17.2 Å². The SMILES string of the molecule is O=C(COC(=O)/C=C/c1ccccc1Cl)Nc1ccc2c(c1)CCC2. The van der Waals surface area contributed by atoms with Crippen LogP contribution in [0, 0.1) is 0 Å². The topological polar surface area (TPSA) is 55.4 Å². The third-order valence-corrected chi connectivity index (χ3v) is 4.38. The Labute approximate surface area is 151 Å². The molecule has 4 nitrogen and oxygen atoms in total. The molecule has 0 bridgehead atoms. The number of benzene rings is 2. The fraction of sp³-hybridized carbons (Fsp3) is 0.200. The Morgan fingerprint density at radius 2 is 1.92 bits per heavy atom. The van der Waals surface area contributed by atoms with Crippen LogP contribution in [0.15, 0.2) is 48.5 Å². The number of esters is 1. The average molecular weight is 356 g/mol. The normalized spacial score (nSPS) is 12.8. The number of halogens is 1. The van der Waals surface area contributed by atoms with E-state index < -0.39 is 5.97 Å². The number of hydrogen-bond donors (Lipinski definition) is 1. The maximum absolute atomic E-state index is 11.9. The number of anilines is 1. The number of rotatable bonds is 5. The Balaban J connectivity index is 1.49. The van der Waals surface area contributed by atoms with Crippen LogP contribution in [0.3, 0.4) is 0 Å². The first-order valence-corrected chi connectivity index (χ1v) is 8.50. The van der Waals surface area contributed by atoms with Crippen LogP contribution in [0.4, 0.5) is 5.69 Å². The van der Waals surface area contributed by atoms with Crippen molar-refractivity contribution < 1.29 is 14.3 Å². The molecule has 0 atom stereocenters. The van der Waals surface area contributed by atoms with Gasteiger partial charge in [-0.2, -0.15) is 0 Å². The van der Waals surface area contributed by atoms with Crippen LogP contribution in [0.25, 0.3) is 6.08 Å². The van der Waals surface area contributed by atoms with Crippen molar-refractivity contribution in [1.82, 2.24) is 0 Å². The second-order valence-electron chi connectivity index (χ2n) is 5.85. The second kappa shape index (κ2) is 7.99. The van der Waals surface area contributed by atoms with Crippen LogP contribution in [-0.2, 0) is 27.2 Å². The molecule has 25 heavy (non-hydrogen) atoms. The van der Waals surface area contributed by atoms with Gasteiger partial charge in [-0.1, -0.05) is 35.9 Å². The molecule has 1 N–H and O–H groups in total. The maximum atomic E-state index is 11.9. The van der Waals surface area contributed by atoms with E-state index in [2.05, 4.69) is 5.32 Å². The first kappa shape index (κ1) is 17.2. The lowest BCUT2D eigenvalue weighted by Gasteiger charge is -2.07. The minimum Gasteiger partial charge on any atom is -0.452 e. The van der Waals surface area contributed by atoms with Gasteiger partial charge < -0.3 is 10.1 Å². The fourth-order valence-corrected chi connectivity index (χ4v) is 3.00. The largest absolute Gasteiger partial charge is 0.452 e. The van der Waals surface area contributed by atoms with E-state index in [4.69, 9.17) is 16.3 Å². The van der Waals surface area contributed by atoms with Crippen LogP contribution in [-0.4, -0.2) is 18.5 Å². The molecule has 0 saturated heterocycles. The lowest BCUT2D eigenvalue weighted by atomic mass is 10.1. The summed E-state index contributed by atoms with van der Waals surface area (Å²) >= 11 is 6.00. The van der Waals surface area contributed by atoms with Crippen molar-refractivity contribution in [2.45, 2.75) is 19.3 Å². The van der Waals surface area contributed by atoms with Gasteiger partial charge in [0.2, 0.25) is 0 Å². The third kappa shape index (κ3) is 4.70. The second-order valence-corrected chi connectivity index (χ2v) is 6.25. The number of carbonyl (C=O) groups is 2. The van der Waals surface area contributed by atoms with Gasteiger partial charge in [0.25, 0.3) is 5.91 Å². The minimum absolute atomic E-state index is 0.331. The van der Waals surface area contributed by atoms with Crippen molar-refractivity contribution in [1.29, 1.82) is 0 Å². The van der Waals surface area contributed by atoms with Crippen LogP contribution in [0.2, 0.25) is 5.02 Å². The summed E-state index contributed by atoms with van der Waals surface area (Å²) in [6.45, 7) is -0.331. The van der Waals surface area contributed by atoms with Gasteiger partial charge in [0, 0.05) is 16.8 Å². The van der Waals surface area contributed by atoms with Crippen molar-refractivity contribution in [3.8, 4) is 0 Å². The molecule has 2 aromatic carbocycles. The Bertz CT molecular complexity index is 829. The number of fused-ring (bicyclic) bond motifs is 1. The highest BCUT2D eigenvalue weighted by atomic mass is 35.5. The summed E-state index contributed by atoms with van der Waals surface area (Å²) < 4.78 is 4.95. The number of nitrogens with one attached hydrogen (secondary N) is 1. The highest BCUT2D eigenvalue weighted by molar-refractivity contribution is 6.32. The van der Waals surface area contributed by atoms with Crippen LogP contribution in [0.1, 0.15) is 23.1 Å². The van der Waals surface area contributed by atoms with Crippen LogP contribution < -0.4 is 5.32 Å². The van der Waals surface area contributed by atoms with Crippen LogP contribution in [0.5, 0.6) is 0 Å². The van der Waals surface area contributed by atoms with Gasteiger partial charge in [-0.15, -0.1) is 0 Å². The predicted molar refractivity (Wildman–Crippen MR) is 98.5 cm³/mol. The van der Waals surface area contributed by atoms with Gasteiger partial charge in [-0.25, -0.2) is 4.79 Å².